The second-order valence-corrected chi connectivity index (χ2v) is 9.75. The summed E-state index contributed by atoms with van der Waals surface area (Å²) in [5.41, 5.74) is 8.07. The summed E-state index contributed by atoms with van der Waals surface area (Å²) in [6.45, 7) is 7.82. The van der Waals surface area contributed by atoms with Crippen LogP contribution in [-0.2, 0) is 11.3 Å². The molecule has 0 aromatic heterocycles. The molecule has 0 aliphatic carbocycles. The molecule has 1 heterocycles. The number of anilines is 1. The summed E-state index contributed by atoms with van der Waals surface area (Å²) >= 11 is 0. The van der Waals surface area contributed by atoms with Crippen LogP contribution in [0.15, 0.2) is 72.8 Å². The Morgan fingerprint density at radius 1 is 0.939 bits per heavy atom. The summed E-state index contributed by atoms with van der Waals surface area (Å²) in [6.07, 6.45) is 7.49. The van der Waals surface area contributed by atoms with Gasteiger partial charge in [-0.2, -0.15) is 0 Å². The fraction of sp³-hybridized carbons (Fsp3) is 0.300. The summed E-state index contributed by atoms with van der Waals surface area (Å²) in [7, 11) is 2.36. The van der Waals surface area contributed by atoms with Crippen LogP contribution in [0, 0.1) is 13.8 Å². The van der Waals surface area contributed by atoms with Crippen molar-refractivity contribution in [1.82, 2.24) is 0 Å². The number of aryl methyl sites for hydroxylation is 2. The lowest BCUT2D eigenvalue weighted by atomic mass is 9.97. The number of amides is 1. The van der Waals surface area contributed by atoms with E-state index in [-0.39, 0.29) is 5.91 Å². The molecule has 0 unspecified atom stereocenters. The quantitative estimate of drug-likeness (QED) is 0.334. The molecule has 0 bridgehead atoms. The van der Waals surface area contributed by atoms with Crippen LogP contribution in [-0.4, -0.2) is 30.5 Å². The second-order valence-electron chi connectivity index (χ2n) is 9.75. The summed E-state index contributed by atoms with van der Waals surface area (Å²) < 4.78 is 1.12. The number of rotatable bonds is 6. The van der Waals surface area contributed by atoms with Crippen molar-refractivity contribution in [2.24, 2.45) is 0 Å². The number of quaternary nitrogens is 1. The van der Waals surface area contributed by atoms with E-state index in [1.54, 1.807) is 6.08 Å². The number of benzene rings is 3. The van der Waals surface area contributed by atoms with E-state index in [0.717, 1.165) is 22.3 Å². The third kappa shape index (κ3) is 6.21. The Balaban J connectivity index is 1.38. The summed E-state index contributed by atoms with van der Waals surface area (Å²) in [5, 5.41) is 2.98. The average Bonchev–Trinajstić information content (AvgIpc) is 2.81. The molecule has 3 aromatic carbocycles. The lowest BCUT2D eigenvalue weighted by Crippen LogP contribution is -2.46. The van der Waals surface area contributed by atoms with Crippen LogP contribution in [0.25, 0.3) is 17.2 Å². The predicted octanol–water partition coefficient (Wildman–Crippen LogP) is 6.75. The maximum atomic E-state index is 12.5. The molecule has 0 saturated carbocycles. The van der Waals surface area contributed by atoms with E-state index < -0.39 is 0 Å². The number of carbonyl (C=O) groups excluding carboxylic acids is 1. The van der Waals surface area contributed by atoms with Crippen LogP contribution >= 0.6 is 0 Å². The van der Waals surface area contributed by atoms with Gasteiger partial charge in [-0.25, -0.2) is 0 Å². The minimum atomic E-state index is -0.116. The van der Waals surface area contributed by atoms with Gasteiger partial charge in [0.2, 0.25) is 5.91 Å². The van der Waals surface area contributed by atoms with Gasteiger partial charge in [0.05, 0.1) is 20.1 Å². The molecule has 1 N–H and O–H groups in total. The largest absolute Gasteiger partial charge is 0.323 e. The van der Waals surface area contributed by atoms with E-state index >= 15 is 0 Å². The van der Waals surface area contributed by atoms with Crippen molar-refractivity contribution >= 4 is 17.7 Å². The van der Waals surface area contributed by atoms with E-state index in [1.165, 1.54) is 60.2 Å². The van der Waals surface area contributed by atoms with Crippen LogP contribution in [0.2, 0.25) is 0 Å². The maximum absolute atomic E-state index is 12.5. The van der Waals surface area contributed by atoms with Gasteiger partial charge in [-0.1, -0.05) is 54.1 Å². The molecule has 0 spiro atoms. The summed E-state index contributed by atoms with van der Waals surface area (Å²) in [5.74, 6) is -0.116. The highest BCUT2D eigenvalue weighted by Crippen LogP contribution is 2.26. The third-order valence-electron chi connectivity index (χ3n) is 6.70. The normalized spacial score (nSPS) is 15.5. The summed E-state index contributed by atoms with van der Waals surface area (Å²) in [6, 6.07) is 23.1. The molecule has 33 heavy (non-hydrogen) atoms. The Labute approximate surface area is 198 Å². The standard InChI is InChI=1S/C30H34N2O/c1-23-10-11-24(2)29(20-23)27-9-7-8-25(21-27)14-17-30(33)31-28-15-12-26(13-16-28)22-32(3)18-5-4-6-19-32/h7-17,20-21H,4-6,18-19,22H2,1-3H3/p+1/b17-14+. The predicted molar refractivity (Wildman–Crippen MR) is 139 cm³/mol. The molecule has 3 aromatic rings. The smallest absolute Gasteiger partial charge is 0.248 e. The Kier molecular flexibility index (Phi) is 7.10. The van der Waals surface area contributed by atoms with Gasteiger partial charge >= 0.3 is 0 Å². The number of carbonyl (C=O) groups is 1. The first kappa shape index (κ1) is 23.0. The molecule has 1 aliphatic rings. The van der Waals surface area contributed by atoms with Gasteiger partial charge in [-0.15, -0.1) is 0 Å². The highest BCUT2D eigenvalue weighted by Gasteiger charge is 2.24. The molecule has 1 amide bonds. The number of likely N-dealkylation sites (tertiary alicyclic amines) is 1. The molecule has 1 fully saturated rings. The first-order chi connectivity index (χ1) is 15.9. The van der Waals surface area contributed by atoms with E-state index in [1.807, 2.05) is 30.3 Å². The topological polar surface area (TPSA) is 29.1 Å². The van der Waals surface area contributed by atoms with Crippen LogP contribution in [0.5, 0.6) is 0 Å². The van der Waals surface area contributed by atoms with E-state index in [0.29, 0.717) is 0 Å². The number of piperidine rings is 1. The maximum Gasteiger partial charge on any atom is 0.248 e. The Hall–Kier alpha value is -3.17. The van der Waals surface area contributed by atoms with E-state index in [2.05, 4.69) is 68.7 Å². The number of nitrogens with one attached hydrogen (secondary N) is 1. The van der Waals surface area contributed by atoms with Gasteiger partial charge < -0.3 is 9.80 Å². The highest BCUT2D eigenvalue weighted by atomic mass is 16.1. The second kappa shape index (κ2) is 10.2. The molecule has 1 saturated heterocycles. The highest BCUT2D eigenvalue weighted by molar-refractivity contribution is 6.02. The molecule has 0 radical (unpaired) electrons. The monoisotopic (exact) mass is 439 g/mol. The zero-order valence-corrected chi connectivity index (χ0v) is 20.1. The molecule has 0 atom stereocenters. The molecule has 4 rings (SSSR count). The van der Waals surface area contributed by atoms with Gasteiger partial charge in [-0.05, 0) is 79.6 Å². The van der Waals surface area contributed by atoms with Gasteiger partial charge in [0.25, 0.3) is 0 Å². The molecule has 1 aliphatic heterocycles. The fourth-order valence-electron chi connectivity index (χ4n) is 4.78. The van der Waals surface area contributed by atoms with Crippen LogP contribution < -0.4 is 5.32 Å². The molecular weight excluding hydrogens is 404 g/mol. The first-order valence-electron chi connectivity index (χ1n) is 12.0. The van der Waals surface area contributed by atoms with Crippen LogP contribution in [0.1, 0.15) is 41.5 Å². The molecular formula is C30H35N2O+. The average molecular weight is 440 g/mol. The van der Waals surface area contributed by atoms with E-state index in [9.17, 15) is 4.79 Å². The number of hydrogen-bond acceptors (Lipinski definition) is 1. The van der Waals surface area contributed by atoms with Gasteiger partial charge in [0.1, 0.15) is 6.54 Å². The minimum absolute atomic E-state index is 0.116. The van der Waals surface area contributed by atoms with Gasteiger partial charge in [0.15, 0.2) is 0 Å². The zero-order chi connectivity index (χ0) is 23.3. The summed E-state index contributed by atoms with van der Waals surface area (Å²) in [4.78, 5) is 12.5. The van der Waals surface area contributed by atoms with Crippen LogP contribution in [0.3, 0.4) is 0 Å². The Morgan fingerprint density at radius 3 is 2.45 bits per heavy atom. The zero-order valence-electron chi connectivity index (χ0n) is 20.1. The van der Waals surface area contributed by atoms with Crippen molar-refractivity contribution in [3.05, 3.63) is 95.1 Å². The minimum Gasteiger partial charge on any atom is -0.323 e. The number of hydrogen-bond donors (Lipinski definition) is 1. The lowest BCUT2D eigenvalue weighted by molar-refractivity contribution is -0.926. The lowest BCUT2D eigenvalue weighted by Gasteiger charge is -2.37. The SMILES string of the molecule is Cc1ccc(C)c(-c2cccc(/C=C/C(=O)Nc3ccc(C[N+]4(C)CCCCC4)cc3)c2)c1. The Morgan fingerprint density at radius 2 is 1.70 bits per heavy atom. The van der Waals surface area contributed by atoms with Gasteiger partial charge in [-0.3, -0.25) is 4.79 Å². The van der Waals surface area contributed by atoms with E-state index in [4.69, 9.17) is 0 Å². The van der Waals surface area contributed by atoms with Gasteiger partial charge in [0, 0.05) is 17.3 Å². The van der Waals surface area contributed by atoms with Crippen molar-refractivity contribution < 1.29 is 9.28 Å². The first-order valence-corrected chi connectivity index (χ1v) is 12.0. The van der Waals surface area contributed by atoms with Crippen LogP contribution in [0.4, 0.5) is 5.69 Å². The fourth-order valence-corrected chi connectivity index (χ4v) is 4.78. The number of nitrogens with zero attached hydrogens (tertiary/aromatic N) is 1. The van der Waals surface area contributed by atoms with Crippen molar-refractivity contribution in [3.8, 4) is 11.1 Å². The van der Waals surface area contributed by atoms with Crippen molar-refractivity contribution in [3.63, 3.8) is 0 Å². The third-order valence-corrected chi connectivity index (χ3v) is 6.70. The molecule has 3 nitrogen and oxygen atoms in total. The molecule has 170 valence electrons. The Bertz CT molecular complexity index is 1140. The molecule has 3 heteroatoms. The van der Waals surface area contributed by atoms with Crippen molar-refractivity contribution in [1.29, 1.82) is 0 Å². The van der Waals surface area contributed by atoms with Crippen molar-refractivity contribution in [2.45, 2.75) is 39.7 Å². The van der Waals surface area contributed by atoms with Crippen molar-refractivity contribution in [2.75, 3.05) is 25.5 Å².